The number of methoxy groups -OCH3 is 1. The number of hydrogen-bond acceptors (Lipinski definition) is 3. The van der Waals surface area contributed by atoms with Gasteiger partial charge in [0.1, 0.15) is 5.75 Å². The van der Waals surface area contributed by atoms with E-state index in [-0.39, 0.29) is 0 Å². The largest absolute Gasteiger partial charge is 0.495 e. The predicted octanol–water partition coefficient (Wildman–Crippen LogP) is 2.41. The summed E-state index contributed by atoms with van der Waals surface area (Å²) in [7, 11) is 3.72. The average Bonchev–Trinajstić information content (AvgIpc) is 2.34. The molecule has 0 aliphatic rings. The lowest BCUT2D eigenvalue weighted by Crippen LogP contribution is -2.25. The molecule has 90 valence electrons. The van der Waals surface area contributed by atoms with Crippen LogP contribution < -0.4 is 10.1 Å². The number of nitrogens with one attached hydrogen (secondary N) is 1. The second-order valence-corrected chi connectivity index (χ2v) is 3.97. The van der Waals surface area contributed by atoms with E-state index >= 15 is 0 Å². The zero-order valence-electron chi connectivity index (χ0n) is 10.5. The van der Waals surface area contributed by atoms with Crippen LogP contribution in [-0.4, -0.2) is 25.2 Å². The molecule has 0 saturated carbocycles. The Bertz CT molecular complexity index is 302. The van der Waals surface area contributed by atoms with Gasteiger partial charge in [0, 0.05) is 12.2 Å². The molecule has 0 saturated heterocycles. The molecule has 3 nitrogen and oxygen atoms in total. The van der Waals surface area contributed by atoms with Crippen LogP contribution in [0.4, 0.5) is 0 Å². The van der Waals surface area contributed by atoms with Gasteiger partial charge in [-0.2, -0.15) is 0 Å². The minimum absolute atomic E-state index is 0.580. The first-order chi connectivity index (χ1) is 7.81. The molecule has 1 atom stereocenters. The third-order valence-electron chi connectivity index (χ3n) is 2.84. The highest BCUT2D eigenvalue weighted by Gasteiger charge is 2.08. The van der Waals surface area contributed by atoms with Gasteiger partial charge in [0.05, 0.1) is 12.8 Å². The number of aromatic nitrogens is 1. The van der Waals surface area contributed by atoms with Gasteiger partial charge in [-0.15, -0.1) is 0 Å². The van der Waals surface area contributed by atoms with E-state index in [1.54, 1.807) is 7.11 Å². The summed E-state index contributed by atoms with van der Waals surface area (Å²) in [6, 6.07) is 4.46. The molecule has 1 aromatic rings. The molecule has 1 aromatic heterocycles. The van der Waals surface area contributed by atoms with Crippen LogP contribution >= 0.6 is 0 Å². The molecule has 0 spiro atoms. The monoisotopic (exact) mass is 222 g/mol. The van der Waals surface area contributed by atoms with Crippen molar-refractivity contribution in [1.29, 1.82) is 0 Å². The maximum absolute atomic E-state index is 5.29. The number of ether oxygens (including phenoxy) is 1. The highest BCUT2D eigenvalue weighted by atomic mass is 16.5. The number of rotatable bonds is 7. The minimum Gasteiger partial charge on any atom is -0.495 e. The van der Waals surface area contributed by atoms with Gasteiger partial charge in [0.15, 0.2) is 0 Å². The van der Waals surface area contributed by atoms with E-state index in [9.17, 15) is 0 Å². The third kappa shape index (κ3) is 3.81. The van der Waals surface area contributed by atoms with E-state index in [0.29, 0.717) is 6.04 Å². The van der Waals surface area contributed by atoms with Crippen LogP contribution in [0.15, 0.2) is 18.3 Å². The van der Waals surface area contributed by atoms with Crippen molar-refractivity contribution in [3.8, 4) is 5.75 Å². The van der Waals surface area contributed by atoms with Crippen molar-refractivity contribution in [2.24, 2.45) is 0 Å². The molecule has 1 N–H and O–H groups in total. The Labute approximate surface area is 98.2 Å². The lowest BCUT2D eigenvalue weighted by atomic mass is 10.0. The molecule has 0 bridgehead atoms. The van der Waals surface area contributed by atoms with Crippen molar-refractivity contribution in [3.05, 3.63) is 24.0 Å². The van der Waals surface area contributed by atoms with Crippen molar-refractivity contribution in [2.75, 3.05) is 14.2 Å². The Balaban J connectivity index is 2.52. The SMILES string of the molecule is CCCC(CCc1ncccc1OC)NC. The van der Waals surface area contributed by atoms with Crippen molar-refractivity contribution < 1.29 is 4.74 Å². The Kier molecular flexibility index (Phi) is 5.86. The first-order valence-corrected chi connectivity index (χ1v) is 5.97. The second kappa shape index (κ2) is 7.23. The number of nitrogens with zero attached hydrogens (tertiary/aromatic N) is 1. The van der Waals surface area contributed by atoms with Gasteiger partial charge in [0.2, 0.25) is 0 Å². The van der Waals surface area contributed by atoms with E-state index in [1.165, 1.54) is 12.8 Å². The Morgan fingerprint density at radius 3 is 2.88 bits per heavy atom. The summed E-state index contributed by atoms with van der Waals surface area (Å²) in [5.41, 5.74) is 1.06. The molecule has 1 heterocycles. The summed E-state index contributed by atoms with van der Waals surface area (Å²) in [5.74, 6) is 0.897. The van der Waals surface area contributed by atoms with Gasteiger partial charge in [-0.1, -0.05) is 13.3 Å². The molecule has 16 heavy (non-hydrogen) atoms. The molecule has 0 fully saturated rings. The number of aryl methyl sites for hydroxylation is 1. The molecule has 0 aromatic carbocycles. The molecule has 1 unspecified atom stereocenters. The highest BCUT2D eigenvalue weighted by Crippen LogP contribution is 2.17. The molecule has 0 aliphatic carbocycles. The molecular formula is C13H22N2O. The van der Waals surface area contributed by atoms with Gasteiger partial charge in [-0.3, -0.25) is 4.98 Å². The van der Waals surface area contributed by atoms with Crippen LogP contribution in [0.3, 0.4) is 0 Å². The van der Waals surface area contributed by atoms with Crippen molar-refractivity contribution in [2.45, 2.75) is 38.6 Å². The Hall–Kier alpha value is -1.09. The normalized spacial score (nSPS) is 12.4. The first kappa shape index (κ1) is 13.0. The minimum atomic E-state index is 0.580. The van der Waals surface area contributed by atoms with E-state index in [0.717, 1.165) is 24.3 Å². The molecule has 0 aliphatic heterocycles. The van der Waals surface area contributed by atoms with Gasteiger partial charge < -0.3 is 10.1 Å². The van der Waals surface area contributed by atoms with E-state index < -0.39 is 0 Å². The molecular weight excluding hydrogens is 200 g/mol. The lowest BCUT2D eigenvalue weighted by Gasteiger charge is -2.15. The molecule has 0 radical (unpaired) electrons. The summed E-state index contributed by atoms with van der Waals surface area (Å²) in [5, 5.41) is 3.34. The van der Waals surface area contributed by atoms with Crippen molar-refractivity contribution in [1.82, 2.24) is 10.3 Å². The topological polar surface area (TPSA) is 34.1 Å². The predicted molar refractivity (Wildman–Crippen MR) is 66.9 cm³/mol. The van der Waals surface area contributed by atoms with E-state index in [4.69, 9.17) is 4.74 Å². The molecule has 3 heteroatoms. The van der Waals surface area contributed by atoms with Crippen molar-refractivity contribution in [3.63, 3.8) is 0 Å². The quantitative estimate of drug-likeness (QED) is 0.769. The van der Waals surface area contributed by atoms with Crippen LogP contribution in [0, 0.1) is 0 Å². The Morgan fingerprint density at radius 2 is 2.25 bits per heavy atom. The summed E-state index contributed by atoms with van der Waals surface area (Å²) >= 11 is 0. The molecule has 1 rings (SSSR count). The van der Waals surface area contributed by atoms with Gasteiger partial charge in [-0.05, 0) is 38.4 Å². The first-order valence-electron chi connectivity index (χ1n) is 5.97. The van der Waals surface area contributed by atoms with Crippen molar-refractivity contribution >= 4 is 0 Å². The highest BCUT2D eigenvalue weighted by molar-refractivity contribution is 5.26. The van der Waals surface area contributed by atoms with E-state index in [1.807, 2.05) is 25.4 Å². The fourth-order valence-corrected chi connectivity index (χ4v) is 1.89. The Morgan fingerprint density at radius 1 is 1.44 bits per heavy atom. The summed E-state index contributed by atoms with van der Waals surface area (Å²) in [6.45, 7) is 2.21. The number of hydrogen-bond donors (Lipinski definition) is 1. The number of pyridine rings is 1. The maximum atomic E-state index is 5.29. The van der Waals surface area contributed by atoms with Crippen LogP contribution in [0.25, 0.3) is 0 Å². The second-order valence-electron chi connectivity index (χ2n) is 3.97. The van der Waals surface area contributed by atoms with Gasteiger partial charge in [-0.25, -0.2) is 0 Å². The van der Waals surface area contributed by atoms with Crippen LogP contribution in [0.5, 0.6) is 5.75 Å². The smallest absolute Gasteiger partial charge is 0.140 e. The van der Waals surface area contributed by atoms with E-state index in [2.05, 4.69) is 17.2 Å². The maximum Gasteiger partial charge on any atom is 0.140 e. The lowest BCUT2D eigenvalue weighted by molar-refractivity contribution is 0.402. The van der Waals surface area contributed by atoms with Gasteiger partial charge in [0.25, 0.3) is 0 Å². The van der Waals surface area contributed by atoms with Crippen LogP contribution in [0.1, 0.15) is 31.9 Å². The summed E-state index contributed by atoms with van der Waals surface area (Å²) in [4.78, 5) is 4.36. The molecule has 0 amide bonds. The summed E-state index contributed by atoms with van der Waals surface area (Å²) in [6.07, 6.45) is 6.33. The van der Waals surface area contributed by atoms with Crippen LogP contribution in [0.2, 0.25) is 0 Å². The summed E-state index contributed by atoms with van der Waals surface area (Å²) < 4.78 is 5.29. The fraction of sp³-hybridized carbons (Fsp3) is 0.615. The van der Waals surface area contributed by atoms with Crippen LogP contribution in [-0.2, 0) is 6.42 Å². The average molecular weight is 222 g/mol. The zero-order valence-corrected chi connectivity index (χ0v) is 10.5. The standard InChI is InChI=1S/C13H22N2O/c1-4-6-11(14-2)8-9-12-13(16-3)7-5-10-15-12/h5,7,10-11,14H,4,6,8-9H2,1-3H3. The van der Waals surface area contributed by atoms with Gasteiger partial charge >= 0.3 is 0 Å². The fourth-order valence-electron chi connectivity index (χ4n) is 1.89. The zero-order chi connectivity index (χ0) is 11.8. The third-order valence-corrected chi connectivity index (χ3v) is 2.84.